The molecule has 0 bridgehead atoms. The van der Waals surface area contributed by atoms with Crippen molar-refractivity contribution in [2.75, 3.05) is 18.1 Å². The van der Waals surface area contributed by atoms with Gasteiger partial charge < -0.3 is 20.5 Å². The fraction of sp³-hybridized carbons (Fsp3) is 0.429. The van der Waals surface area contributed by atoms with Crippen LogP contribution in [0.4, 0.5) is 5.69 Å². The van der Waals surface area contributed by atoms with E-state index in [-0.39, 0.29) is 23.8 Å². The van der Waals surface area contributed by atoms with Crippen LogP contribution in [0.25, 0.3) is 0 Å². The number of amides is 1. The zero-order valence-electron chi connectivity index (χ0n) is 11.5. The molecule has 20 heavy (non-hydrogen) atoms. The number of ether oxygens (including phenoxy) is 1. The molecule has 2 rings (SSSR count). The molecule has 6 heteroatoms. The molecule has 0 aliphatic carbocycles. The van der Waals surface area contributed by atoms with E-state index in [1.165, 1.54) is 11.0 Å². The molecular formula is C14H18N2O4. The minimum absolute atomic E-state index is 0.0511. The van der Waals surface area contributed by atoms with Crippen LogP contribution in [0.5, 0.6) is 5.75 Å². The number of rotatable bonds is 3. The maximum atomic E-state index is 12.5. The first-order valence-electron chi connectivity index (χ1n) is 6.48. The molecule has 0 saturated heterocycles. The summed E-state index contributed by atoms with van der Waals surface area (Å²) in [5, 5.41) is 9.16. The molecule has 1 aliphatic heterocycles. The number of anilines is 1. The zero-order chi connectivity index (χ0) is 14.9. The summed E-state index contributed by atoms with van der Waals surface area (Å²) in [6.07, 6.45) is 0.497. The molecule has 1 amide bonds. The number of carbonyl (C=O) groups excluding carboxylic acids is 1. The topological polar surface area (TPSA) is 92.9 Å². The summed E-state index contributed by atoms with van der Waals surface area (Å²) in [5.41, 5.74) is 5.53. The van der Waals surface area contributed by atoms with Crippen molar-refractivity contribution < 1.29 is 19.4 Å². The molecule has 0 spiro atoms. The number of carboxylic acid groups (broad SMARTS) is 1. The van der Waals surface area contributed by atoms with Crippen molar-refractivity contribution in [2.24, 2.45) is 5.73 Å². The fourth-order valence-electron chi connectivity index (χ4n) is 2.09. The number of benzene rings is 1. The van der Waals surface area contributed by atoms with Gasteiger partial charge in [-0.15, -0.1) is 0 Å². The molecule has 1 unspecified atom stereocenters. The van der Waals surface area contributed by atoms with Gasteiger partial charge in [-0.1, -0.05) is 13.0 Å². The Hall–Kier alpha value is -2.08. The SMILES string of the molecule is CCC(C)(N)C(=O)N1CCOc2c(C(=O)O)cccc21. The first-order valence-corrected chi connectivity index (χ1v) is 6.48. The van der Waals surface area contributed by atoms with Crippen LogP contribution < -0.4 is 15.4 Å². The van der Waals surface area contributed by atoms with E-state index in [2.05, 4.69) is 0 Å². The van der Waals surface area contributed by atoms with Crippen molar-refractivity contribution in [3.8, 4) is 5.75 Å². The van der Waals surface area contributed by atoms with E-state index < -0.39 is 11.5 Å². The summed E-state index contributed by atoms with van der Waals surface area (Å²) in [6.45, 7) is 4.13. The van der Waals surface area contributed by atoms with E-state index in [9.17, 15) is 9.59 Å². The van der Waals surface area contributed by atoms with E-state index in [0.717, 1.165) is 0 Å². The fourth-order valence-corrected chi connectivity index (χ4v) is 2.09. The van der Waals surface area contributed by atoms with Crippen molar-refractivity contribution in [3.63, 3.8) is 0 Å². The van der Waals surface area contributed by atoms with Gasteiger partial charge in [-0.2, -0.15) is 0 Å². The molecule has 1 heterocycles. The van der Waals surface area contributed by atoms with Crippen molar-refractivity contribution in [1.82, 2.24) is 0 Å². The highest BCUT2D eigenvalue weighted by Gasteiger charge is 2.35. The van der Waals surface area contributed by atoms with Gasteiger partial charge in [0.05, 0.1) is 17.8 Å². The molecule has 6 nitrogen and oxygen atoms in total. The summed E-state index contributed by atoms with van der Waals surface area (Å²) in [7, 11) is 0. The van der Waals surface area contributed by atoms with Gasteiger partial charge in [0, 0.05) is 0 Å². The number of nitrogens with two attached hydrogens (primary N) is 1. The van der Waals surface area contributed by atoms with Crippen LogP contribution in [0.15, 0.2) is 18.2 Å². The van der Waals surface area contributed by atoms with Gasteiger partial charge in [-0.25, -0.2) is 4.79 Å². The van der Waals surface area contributed by atoms with E-state index in [4.69, 9.17) is 15.6 Å². The normalized spacial score (nSPS) is 16.9. The number of fused-ring (bicyclic) bond motifs is 1. The molecule has 0 saturated carbocycles. The molecule has 1 aromatic rings. The van der Waals surface area contributed by atoms with Crippen molar-refractivity contribution in [3.05, 3.63) is 23.8 Å². The number of carbonyl (C=O) groups is 2. The van der Waals surface area contributed by atoms with Gasteiger partial charge in [-0.05, 0) is 25.5 Å². The van der Waals surface area contributed by atoms with Crippen LogP contribution in [-0.2, 0) is 4.79 Å². The van der Waals surface area contributed by atoms with Crippen LogP contribution in [0.3, 0.4) is 0 Å². The Morgan fingerprint density at radius 3 is 2.80 bits per heavy atom. The Kier molecular flexibility index (Phi) is 3.67. The Bertz CT molecular complexity index is 554. The lowest BCUT2D eigenvalue weighted by atomic mass is 9.97. The minimum Gasteiger partial charge on any atom is -0.489 e. The Morgan fingerprint density at radius 2 is 2.20 bits per heavy atom. The smallest absolute Gasteiger partial charge is 0.339 e. The number of aromatic carboxylic acids is 1. The summed E-state index contributed by atoms with van der Waals surface area (Å²) in [6, 6.07) is 4.72. The lowest BCUT2D eigenvalue weighted by Gasteiger charge is -2.35. The van der Waals surface area contributed by atoms with Gasteiger partial charge in [-0.3, -0.25) is 4.79 Å². The summed E-state index contributed by atoms with van der Waals surface area (Å²) >= 11 is 0. The maximum absolute atomic E-state index is 12.5. The Labute approximate surface area is 117 Å². The van der Waals surface area contributed by atoms with E-state index in [0.29, 0.717) is 18.7 Å². The molecule has 108 valence electrons. The Balaban J connectivity index is 2.46. The van der Waals surface area contributed by atoms with Crippen LogP contribution in [0.2, 0.25) is 0 Å². The van der Waals surface area contributed by atoms with Gasteiger partial charge >= 0.3 is 5.97 Å². The standard InChI is InChI=1S/C14H18N2O4/c1-3-14(2,15)13(19)16-7-8-20-11-9(12(17)18)5-4-6-10(11)16/h4-6H,3,7-8,15H2,1-2H3,(H,17,18). The third-order valence-corrected chi connectivity index (χ3v) is 3.54. The Morgan fingerprint density at radius 1 is 1.50 bits per heavy atom. The van der Waals surface area contributed by atoms with Gasteiger partial charge in [0.2, 0.25) is 5.91 Å². The van der Waals surface area contributed by atoms with Gasteiger partial charge in [0.25, 0.3) is 0 Å². The van der Waals surface area contributed by atoms with Crippen molar-refractivity contribution in [2.45, 2.75) is 25.8 Å². The zero-order valence-corrected chi connectivity index (χ0v) is 11.5. The second-order valence-corrected chi connectivity index (χ2v) is 5.04. The van der Waals surface area contributed by atoms with E-state index in [1.54, 1.807) is 19.1 Å². The quantitative estimate of drug-likeness (QED) is 0.867. The van der Waals surface area contributed by atoms with Crippen LogP contribution in [-0.4, -0.2) is 35.7 Å². The predicted molar refractivity (Wildman–Crippen MR) is 74.1 cm³/mol. The molecule has 1 aliphatic rings. The molecule has 0 aromatic heterocycles. The minimum atomic E-state index is -1.08. The average Bonchev–Trinajstić information content (AvgIpc) is 2.45. The third-order valence-electron chi connectivity index (χ3n) is 3.54. The lowest BCUT2D eigenvalue weighted by Crippen LogP contribution is -2.55. The summed E-state index contributed by atoms with van der Waals surface area (Å²) in [4.78, 5) is 25.2. The number of nitrogens with zero attached hydrogens (tertiary/aromatic N) is 1. The second kappa shape index (κ2) is 5.13. The summed E-state index contributed by atoms with van der Waals surface area (Å²) < 4.78 is 5.43. The highest BCUT2D eigenvalue weighted by Crippen LogP contribution is 2.36. The third kappa shape index (κ3) is 2.34. The molecule has 3 N–H and O–H groups in total. The molecule has 0 fully saturated rings. The van der Waals surface area contributed by atoms with Crippen LogP contribution in [0.1, 0.15) is 30.6 Å². The van der Waals surface area contributed by atoms with Crippen molar-refractivity contribution >= 4 is 17.6 Å². The highest BCUT2D eigenvalue weighted by atomic mass is 16.5. The van der Waals surface area contributed by atoms with Crippen LogP contribution >= 0.6 is 0 Å². The largest absolute Gasteiger partial charge is 0.489 e. The monoisotopic (exact) mass is 278 g/mol. The first-order chi connectivity index (χ1) is 9.38. The van der Waals surface area contributed by atoms with Gasteiger partial charge in [0.1, 0.15) is 12.2 Å². The van der Waals surface area contributed by atoms with Crippen molar-refractivity contribution in [1.29, 1.82) is 0 Å². The molecule has 1 atom stereocenters. The molecule has 0 radical (unpaired) electrons. The number of hydrogen-bond donors (Lipinski definition) is 2. The lowest BCUT2D eigenvalue weighted by molar-refractivity contribution is -0.123. The second-order valence-electron chi connectivity index (χ2n) is 5.04. The average molecular weight is 278 g/mol. The first kappa shape index (κ1) is 14.3. The van der Waals surface area contributed by atoms with Gasteiger partial charge in [0.15, 0.2) is 5.75 Å². The van der Waals surface area contributed by atoms with E-state index >= 15 is 0 Å². The molecule has 1 aromatic carbocycles. The summed E-state index contributed by atoms with van der Waals surface area (Å²) in [5.74, 6) is -1.08. The highest BCUT2D eigenvalue weighted by molar-refractivity contribution is 6.03. The number of hydrogen-bond acceptors (Lipinski definition) is 4. The van der Waals surface area contributed by atoms with E-state index in [1.807, 2.05) is 6.92 Å². The predicted octanol–water partition coefficient (Wildman–Crippen LogP) is 1.24. The molecular weight excluding hydrogens is 260 g/mol. The maximum Gasteiger partial charge on any atom is 0.339 e. The number of para-hydroxylation sites is 1. The number of carboxylic acids is 1. The van der Waals surface area contributed by atoms with Crippen LogP contribution in [0, 0.1) is 0 Å².